The van der Waals surface area contributed by atoms with Crippen molar-refractivity contribution < 1.29 is 9.90 Å². The number of allylic oxidation sites excluding steroid dienone is 1. The molecular formula is C11H11ClO2. The molecule has 0 aliphatic carbocycles. The van der Waals surface area contributed by atoms with Gasteiger partial charge in [0.2, 0.25) is 0 Å². The minimum Gasteiger partial charge on any atom is -0.478 e. The molecule has 0 heterocycles. The fraction of sp³-hybridized carbons (Fsp3) is 0.182. The molecule has 0 fully saturated rings. The molecule has 2 nitrogen and oxygen atoms in total. The Morgan fingerprint density at radius 1 is 1.50 bits per heavy atom. The van der Waals surface area contributed by atoms with Gasteiger partial charge >= 0.3 is 5.97 Å². The van der Waals surface area contributed by atoms with Crippen LogP contribution in [-0.2, 0) is 11.2 Å². The molecule has 1 aromatic rings. The molecule has 0 aliphatic rings. The lowest BCUT2D eigenvalue weighted by Crippen LogP contribution is -1.87. The van der Waals surface area contributed by atoms with E-state index in [4.69, 9.17) is 16.7 Å². The van der Waals surface area contributed by atoms with Gasteiger partial charge < -0.3 is 5.11 Å². The predicted octanol–water partition coefficient (Wildman–Crippen LogP) is 2.91. The van der Waals surface area contributed by atoms with Gasteiger partial charge in [-0.2, -0.15) is 0 Å². The summed E-state index contributed by atoms with van der Waals surface area (Å²) in [6.45, 7) is 0. The lowest BCUT2D eigenvalue weighted by molar-refractivity contribution is -0.131. The van der Waals surface area contributed by atoms with E-state index in [1.807, 2.05) is 24.3 Å². The molecular weight excluding hydrogens is 200 g/mol. The fourth-order valence-corrected chi connectivity index (χ4v) is 1.34. The molecule has 0 bridgehead atoms. The number of benzene rings is 1. The maximum atomic E-state index is 10.2. The zero-order valence-corrected chi connectivity index (χ0v) is 8.37. The second kappa shape index (κ2) is 5.45. The molecule has 0 aromatic heterocycles. The average molecular weight is 211 g/mol. The maximum absolute atomic E-state index is 10.2. The third kappa shape index (κ3) is 4.10. The molecule has 0 radical (unpaired) electrons. The summed E-state index contributed by atoms with van der Waals surface area (Å²) in [5.74, 6) is -0.906. The van der Waals surface area contributed by atoms with Gasteiger partial charge in [0, 0.05) is 11.1 Å². The summed E-state index contributed by atoms with van der Waals surface area (Å²) in [5, 5.41) is 9.06. The van der Waals surface area contributed by atoms with Crippen LogP contribution in [0.1, 0.15) is 12.0 Å². The fourth-order valence-electron chi connectivity index (χ4n) is 1.13. The van der Waals surface area contributed by atoms with Gasteiger partial charge in [-0.3, -0.25) is 0 Å². The van der Waals surface area contributed by atoms with Crippen molar-refractivity contribution in [1.82, 2.24) is 0 Å². The van der Waals surface area contributed by atoms with Crippen LogP contribution >= 0.6 is 11.6 Å². The first-order chi connectivity index (χ1) is 6.68. The molecule has 74 valence electrons. The Hall–Kier alpha value is -1.28. The minimum absolute atomic E-state index is 0.713. The first kappa shape index (κ1) is 10.8. The molecule has 1 N–H and O–H groups in total. The maximum Gasteiger partial charge on any atom is 0.327 e. The number of carboxylic acids is 1. The van der Waals surface area contributed by atoms with Crippen molar-refractivity contribution >= 4 is 17.6 Å². The quantitative estimate of drug-likeness (QED) is 0.776. The van der Waals surface area contributed by atoms with Gasteiger partial charge in [-0.05, 0) is 30.5 Å². The SMILES string of the molecule is O=C(O)/C=C/CCc1cccc(Cl)c1. The van der Waals surface area contributed by atoms with Crippen molar-refractivity contribution in [2.75, 3.05) is 0 Å². The highest BCUT2D eigenvalue weighted by Gasteiger charge is 1.92. The first-order valence-electron chi connectivity index (χ1n) is 4.32. The van der Waals surface area contributed by atoms with Gasteiger partial charge in [0.1, 0.15) is 0 Å². The Balaban J connectivity index is 2.42. The van der Waals surface area contributed by atoms with Gasteiger partial charge in [0.15, 0.2) is 0 Å². The summed E-state index contributed by atoms with van der Waals surface area (Å²) >= 11 is 5.80. The molecule has 0 saturated heterocycles. The van der Waals surface area contributed by atoms with E-state index in [1.54, 1.807) is 6.08 Å². The molecule has 0 unspecified atom stereocenters. The number of rotatable bonds is 4. The van der Waals surface area contributed by atoms with Crippen LogP contribution in [0.25, 0.3) is 0 Å². The van der Waals surface area contributed by atoms with E-state index in [-0.39, 0.29) is 0 Å². The molecule has 0 amide bonds. The highest BCUT2D eigenvalue weighted by molar-refractivity contribution is 6.30. The van der Waals surface area contributed by atoms with E-state index < -0.39 is 5.97 Å². The van der Waals surface area contributed by atoms with E-state index in [9.17, 15) is 4.79 Å². The molecule has 14 heavy (non-hydrogen) atoms. The van der Waals surface area contributed by atoms with Gasteiger partial charge in [-0.25, -0.2) is 4.79 Å². The number of carbonyl (C=O) groups is 1. The Kier molecular flexibility index (Phi) is 4.20. The molecule has 0 aliphatic heterocycles. The van der Waals surface area contributed by atoms with Crippen molar-refractivity contribution in [3.8, 4) is 0 Å². The van der Waals surface area contributed by atoms with Gasteiger partial charge in [0.25, 0.3) is 0 Å². The third-order valence-corrected chi connectivity index (χ3v) is 1.98. The van der Waals surface area contributed by atoms with E-state index in [0.29, 0.717) is 11.4 Å². The molecule has 1 aromatic carbocycles. The Morgan fingerprint density at radius 3 is 2.93 bits per heavy atom. The topological polar surface area (TPSA) is 37.3 Å². The normalized spacial score (nSPS) is 10.6. The van der Waals surface area contributed by atoms with Crippen LogP contribution in [-0.4, -0.2) is 11.1 Å². The highest BCUT2D eigenvalue weighted by atomic mass is 35.5. The molecule has 1 rings (SSSR count). The first-order valence-corrected chi connectivity index (χ1v) is 4.70. The van der Waals surface area contributed by atoms with E-state index in [1.165, 1.54) is 0 Å². The van der Waals surface area contributed by atoms with Crippen LogP contribution in [0, 0.1) is 0 Å². The van der Waals surface area contributed by atoms with E-state index in [0.717, 1.165) is 18.1 Å². The Labute approximate surface area is 87.8 Å². The number of carboxylic acid groups (broad SMARTS) is 1. The minimum atomic E-state index is -0.906. The van der Waals surface area contributed by atoms with Gasteiger partial charge in [0.05, 0.1) is 0 Å². The second-order valence-corrected chi connectivity index (χ2v) is 3.35. The summed E-state index contributed by atoms with van der Waals surface area (Å²) < 4.78 is 0. The highest BCUT2D eigenvalue weighted by Crippen LogP contribution is 2.12. The number of aliphatic carboxylic acids is 1. The predicted molar refractivity (Wildman–Crippen MR) is 56.5 cm³/mol. The summed E-state index contributed by atoms with van der Waals surface area (Å²) in [7, 11) is 0. The average Bonchev–Trinajstić information content (AvgIpc) is 2.12. The summed E-state index contributed by atoms with van der Waals surface area (Å²) in [5.41, 5.74) is 1.12. The Morgan fingerprint density at radius 2 is 2.29 bits per heavy atom. The molecule has 3 heteroatoms. The second-order valence-electron chi connectivity index (χ2n) is 2.91. The molecule has 0 atom stereocenters. The third-order valence-electron chi connectivity index (χ3n) is 1.75. The van der Waals surface area contributed by atoms with E-state index in [2.05, 4.69) is 0 Å². The van der Waals surface area contributed by atoms with Crippen molar-refractivity contribution in [2.24, 2.45) is 0 Å². The number of halogens is 1. The van der Waals surface area contributed by atoms with Gasteiger partial charge in [-0.1, -0.05) is 29.8 Å². The van der Waals surface area contributed by atoms with Gasteiger partial charge in [-0.15, -0.1) is 0 Å². The molecule has 0 spiro atoms. The van der Waals surface area contributed by atoms with Crippen LogP contribution in [0.2, 0.25) is 5.02 Å². The van der Waals surface area contributed by atoms with Crippen LogP contribution in [0.5, 0.6) is 0 Å². The smallest absolute Gasteiger partial charge is 0.327 e. The summed E-state index contributed by atoms with van der Waals surface area (Å²) in [6, 6.07) is 7.56. The number of hydrogen-bond acceptors (Lipinski definition) is 1. The van der Waals surface area contributed by atoms with Crippen LogP contribution in [0.15, 0.2) is 36.4 Å². The number of aryl methyl sites for hydroxylation is 1. The Bertz CT molecular complexity index is 345. The largest absolute Gasteiger partial charge is 0.478 e. The number of hydrogen-bond donors (Lipinski definition) is 1. The van der Waals surface area contributed by atoms with Crippen LogP contribution < -0.4 is 0 Å². The van der Waals surface area contributed by atoms with Crippen molar-refractivity contribution in [3.63, 3.8) is 0 Å². The molecule has 0 saturated carbocycles. The lowest BCUT2D eigenvalue weighted by atomic mass is 10.1. The van der Waals surface area contributed by atoms with Crippen LogP contribution in [0.3, 0.4) is 0 Å². The van der Waals surface area contributed by atoms with E-state index >= 15 is 0 Å². The summed E-state index contributed by atoms with van der Waals surface area (Å²) in [4.78, 5) is 10.2. The van der Waals surface area contributed by atoms with Crippen molar-refractivity contribution in [2.45, 2.75) is 12.8 Å². The van der Waals surface area contributed by atoms with Crippen LogP contribution in [0.4, 0.5) is 0 Å². The van der Waals surface area contributed by atoms with Crippen molar-refractivity contribution in [3.05, 3.63) is 47.0 Å². The standard InChI is InChI=1S/C11H11ClO2/c12-10-6-3-5-9(8-10)4-1-2-7-11(13)14/h2-3,5-8H,1,4H2,(H,13,14)/b7-2+. The monoisotopic (exact) mass is 210 g/mol. The lowest BCUT2D eigenvalue weighted by Gasteiger charge is -1.97. The zero-order valence-electron chi connectivity index (χ0n) is 7.61. The zero-order chi connectivity index (χ0) is 10.4. The summed E-state index contributed by atoms with van der Waals surface area (Å²) in [6.07, 6.45) is 4.32. The van der Waals surface area contributed by atoms with Crippen molar-refractivity contribution in [1.29, 1.82) is 0 Å².